The van der Waals surface area contributed by atoms with Gasteiger partial charge in [-0.05, 0) is 23.6 Å². The molecule has 1 aromatic rings. The number of hydrogen-bond donors (Lipinski definition) is 2. The van der Waals surface area contributed by atoms with Crippen molar-refractivity contribution >= 4 is 0 Å². The highest BCUT2D eigenvalue weighted by atomic mass is 14.5. The van der Waals surface area contributed by atoms with Gasteiger partial charge in [0.2, 0.25) is 0 Å². The second-order valence-corrected chi connectivity index (χ2v) is 2.57. The number of nitrogens with two attached hydrogens (primary N) is 2. The minimum absolute atomic E-state index is 0.552. The lowest BCUT2D eigenvalue weighted by atomic mass is 10.1. The van der Waals surface area contributed by atoms with Gasteiger partial charge in [0.05, 0.1) is 0 Å². The van der Waals surface area contributed by atoms with Gasteiger partial charge in [-0.1, -0.05) is 18.2 Å². The van der Waals surface area contributed by atoms with E-state index in [1.54, 1.807) is 0 Å². The molecule has 0 aliphatic rings. The molecule has 1 aromatic carbocycles. The lowest BCUT2D eigenvalue weighted by molar-refractivity contribution is 1.02. The molecule has 0 unspecified atom stereocenters. The number of hydrogen-bond acceptors (Lipinski definition) is 2. The van der Waals surface area contributed by atoms with Crippen molar-refractivity contribution in [3.8, 4) is 0 Å². The van der Waals surface area contributed by atoms with Gasteiger partial charge < -0.3 is 11.5 Å². The molecular formula is C9H13N2. The number of benzene rings is 1. The van der Waals surface area contributed by atoms with E-state index >= 15 is 0 Å². The van der Waals surface area contributed by atoms with Crippen LogP contribution in [0, 0.1) is 6.92 Å². The largest absolute Gasteiger partial charge is 0.326 e. The molecule has 0 aromatic heterocycles. The fourth-order valence-electron chi connectivity index (χ4n) is 1.08. The molecule has 2 nitrogen and oxygen atoms in total. The predicted molar refractivity (Wildman–Crippen MR) is 46.7 cm³/mol. The minimum atomic E-state index is 0.552. The topological polar surface area (TPSA) is 52.0 Å². The summed E-state index contributed by atoms with van der Waals surface area (Å²) in [5.41, 5.74) is 14.1. The fourth-order valence-corrected chi connectivity index (χ4v) is 1.08. The van der Waals surface area contributed by atoms with Crippen LogP contribution in [0.2, 0.25) is 0 Å². The summed E-state index contributed by atoms with van der Waals surface area (Å²) in [7, 11) is 0. The Hall–Kier alpha value is -0.860. The van der Waals surface area contributed by atoms with Crippen LogP contribution in [0.15, 0.2) is 18.2 Å². The third-order valence-electron chi connectivity index (χ3n) is 1.58. The van der Waals surface area contributed by atoms with Crippen LogP contribution in [0.3, 0.4) is 0 Å². The minimum Gasteiger partial charge on any atom is -0.326 e. The normalized spacial score (nSPS) is 10.1. The monoisotopic (exact) mass is 149 g/mol. The van der Waals surface area contributed by atoms with Gasteiger partial charge in [0.1, 0.15) is 0 Å². The van der Waals surface area contributed by atoms with E-state index in [9.17, 15) is 0 Å². The van der Waals surface area contributed by atoms with Crippen molar-refractivity contribution in [2.24, 2.45) is 11.5 Å². The van der Waals surface area contributed by atoms with E-state index in [0.29, 0.717) is 13.1 Å². The summed E-state index contributed by atoms with van der Waals surface area (Å²) in [5.74, 6) is 0. The van der Waals surface area contributed by atoms with Gasteiger partial charge in [0.15, 0.2) is 0 Å². The van der Waals surface area contributed by atoms with Gasteiger partial charge in [0, 0.05) is 13.1 Å². The van der Waals surface area contributed by atoms with Gasteiger partial charge >= 0.3 is 0 Å². The van der Waals surface area contributed by atoms with Crippen molar-refractivity contribution in [1.29, 1.82) is 0 Å². The summed E-state index contributed by atoms with van der Waals surface area (Å²) in [6.45, 7) is 4.93. The molecule has 0 atom stereocenters. The van der Waals surface area contributed by atoms with Crippen molar-refractivity contribution in [3.63, 3.8) is 0 Å². The molecule has 1 rings (SSSR count). The van der Waals surface area contributed by atoms with Crippen LogP contribution in [-0.4, -0.2) is 0 Å². The first-order chi connectivity index (χ1) is 5.26. The summed E-state index contributed by atoms with van der Waals surface area (Å²) in [6.07, 6.45) is 0. The second kappa shape index (κ2) is 3.51. The Morgan fingerprint density at radius 3 is 1.82 bits per heavy atom. The maximum Gasteiger partial charge on any atom is 0.0178 e. The maximum atomic E-state index is 5.47. The predicted octanol–water partition coefficient (Wildman–Crippen LogP) is 0.786. The first-order valence-corrected chi connectivity index (χ1v) is 3.61. The third-order valence-corrected chi connectivity index (χ3v) is 1.58. The lowest BCUT2D eigenvalue weighted by Gasteiger charge is -2.02. The van der Waals surface area contributed by atoms with Crippen LogP contribution in [-0.2, 0) is 13.1 Å². The Morgan fingerprint density at radius 1 is 1.00 bits per heavy atom. The quantitative estimate of drug-likeness (QED) is 0.653. The third kappa shape index (κ3) is 2.03. The van der Waals surface area contributed by atoms with Crippen molar-refractivity contribution in [2.45, 2.75) is 13.1 Å². The molecule has 0 fully saturated rings. The Bertz CT molecular complexity index is 221. The Balaban J connectivity index is 3.02. The summed E-state index contributed by atoms with van der Waals surface area (Å²) in [6, 6.07) is 5.95. The van der Waals surface area contributed by atoms with Crippen molar-refractivity contribution in [1.82, 2.24) is 0 Å². The molecule has 0 saturated heterocycles. The van der Waals surface area contributed by atoms with E-state index in [1.165, 1.54) is 0 Å². The lowest BCUT2D eigenvalue weighted by Crippen LogP contribution is -2.01. The molecule has 2 heteroatoms. The Kier molecular flexibility index (Phi) is 2.63. The summed E-state index contributed by atoms with van der Waals surface area (Å²) >= 11 is 0. The van der Waals surface area contributed by atoms with Crippen molar-refractivity contribution in [3.05, 3.63) is 41.8 Å². The molecule has 0 aliphatic heterocycles. The Labute approximate surface area is 67.2 Å². The zero-order valence-electron chi connectivity index (χ0n) is 6.51. The first kappa shape index (κ1) is 8.24. The van der Waals surface area contributed by atoms with Crippen LogP contribution in [0.25, 0.3) is 0 Å². The molecule has 59 valence electrons. The highest BCUT2D eigenvalue weighted by Crippen LogP contribution is 2.08. The van der Waals surface area contributed by atoms with Crippen LogP contribution < -0.4 is 11.5 Å². The molecule has 0 aliphatic carbocycles. The molecule has 0 saturated carbocycles. The standard InChI is InChI=1S/C9H13N2/c1-7-2-8(5-10)4-9(3-7)6-11/h2-4H,1,5-6,10-11H2. The van der Waals surface area contributed by atoms with Gasteiger partial charge in [-0.25, -0.2) is 0 Å². The average Bonchev–Trinajstić information content (AvgIpc) is 2.03. The van der Waals surface area contributed by atoms with Gasteiger partial charge in [0.25, 0.3) is 0 Å². The van der Waals surface area contributed by atoms with E-state index in [-0.39, 0.29) is 0 Å². The van der Waals surface area contributed by atoms with E-state index in [2.05, 4.69) is 6.92 Å². The summed E-state index contributed by atoms with van der Waals surface area (Å²) in [4.78, 5) is 0. The van der Waals surface area contributed by atoms with Gasteiger partial charge in [-0.3, -0.25) is 0 Å². The van der Waals surface area contributed by atoms with Crippen LogP contribution >= 0.6 is 0 Å². The average molecular weight is 149 g/mol. The summed E-state index contributed by atoms with van der Waals surface area (Å²) < 4.78 is 0. The first-order valence-electron chi connectivity index (χ1n) is 3.61. The zero-order chi connectivity index (χ0) is 8.27. The smallest absolute Gasteiger partial charge is 0.0178 e. The number of rotatable bonds is 2. The van der Waals surface area contributed by atoms with Crippen LogP contribution in [0.4, 0.5) is 0 Å². The van der Waals surface area contributed by atoms with Crippen LogP contribution in [0.1, 0.15) is 16.7 Å². The molecule has 4 N–H and O–H groups in total. The summed E-state index contributed by atoms with van der Waals surface area (Å²) in [5, 5.41) is 0. The highest BCUT2D eigenvalue weighted by Gasteiger charge is 1.94. The molecule has 0 amide bonds. The molecule has 0 heterocycles. The molecule has 11 heavy (non-hydrogen) atoms. The molecule has 0 bridgehead atoms. The molecule has 1 radical (unpaired) electrons. The molecular weight excluding hydrogens is 136 g/mol. The SMILES string of the molecule is [CH2]c1cc(CN)cc(CN)c1. The van der Waals surface area contributed by atoms with E-state index in [4.69, 9.17) is 11.5 Å². The maximum absolute atomic E-state index is 5.47. The second-order valence-electron chi connectivity index (χ2n) is 2.57. The van der Waals surface area contributed by atoms with E-state index < -0.39 is 0 Å². The van der Waals surface area contributed by atoms with E-state index in [0.717, 1.165) is 16.7 Å². The van der Waals surface area contributed by atoms with Crippen molar-refractivity contribution < 1.29 is 0 Å². The fraction of sp³-hybridized carbons (Fsp3) is 0.222. The molecule has 0 spiro atoms. The van der Waals surface area contributed by atoms with Gasteiger partial charge in [-0.15, -0.1) is 0 Å². The highest BCUT2D eigenvalue weighted by molar-refractivity contribution is 5.31. The van der Waals surface area contributed by atoms with Crippen molar-refractivity contribution in [2.75, 3.05) is 0 Å². The zero-order valence-corrected chi connectivity index (χ0v) is 6.51. The Morgan fingerprint density at radius 2 is 1.45 bits per heavy atom. The van der Waals surface area contributed by atoms with E-state index in [1.807, 2.05) is 18.2 Å². The van der Waals surface area contributed by atoms with Gasteiger partial charge in [-0.2, -0.15) is 0 Å². The van der Waals surface area contributed by atoms with Crippen LogP contribution in [0.5, 0.6) is 0 Å².